The summed E-state index contributed by atoms with van der Waals surface area (Å²) in [5, 5.41) is 22.5. The van der Waals surface area contributed by atoms with Gasteiger partial charge in [0.2, 0.25) is 11.8 Å². The second-order valence-corrected chi connectivity index (χ2v) is 6.56. The Balaban J connectivity index is 1.80. The minimum atomic E-state index is -1.30. The average molecular weight is 370 g/mol. The maximum Gasteiger partial charge on any atom is 0.321 e. The molecule has 0 radical (unpaired) electrons. The molecule has 2 aromatic carbocycles. The van der Waals surface area contributed by atoms with Crippen molar-refractivity contribution in [2.45, 2.75) is 12.1 Å². The molecule has 3 N–H and O–H groups in total. The largest absolute Gasteiger partial charge is 0.508 e. The second-order valence-electron chi connectivity index (χ2n) is 6.56. The number of rotatable bonds is 3. The number of benzene rings is 2. The SMILES string of the molecule is O=C(O)[C@H]1N[C@@H](c2ccccc2O)[C@H]2C(=O)N(c3cccc(F)c3)C(=O)[C@@H]21. The number of phenols is 1. The number of carboxylic acids is 1. The first-order valence-electron chi connectivity index (χ1n) is 8.30. The van der Waals surface area contributed by atoms with Gasteiger partial charge in [-0.1, -0.05) is 24.3 Å². The summed E-state index contributed by atoms with van der Waals surface area (Å²) in [6, 6.07) is 9.10. The third-order valence-corrected chi connectivity index (χ3v) is 5.08. The van der Waals surface area contributed by atoms with Gasteiger partial charge in [-0.3, -0.25) is 19.7 Å². The lowest BCUT2D eigenvalue weighted by atomic mass is 9.86. The maximum absolute atomic E-state index is 13.6. The summed E-state index contributed by atoms with van der Waals surface area (Å²) < 4.78 is 13.6. The third kappa shape index (κ3) is 2.57. The molecule has 0 spiro atoms. The van der Waals surface area contributed by atoms with E-state index in [-0.39, 0.29) is 11.4 Å². The highest BCUT2D eigenvalue weighted by Gasteiger charge is 2.61. The van der Waals surface area contributed by atoms with E-state index in [1.807, 2.05) is 0 Å². The van der Waals surface area contributed by atoms with Crippen LogP contribution in [0.4, 0.5) is 10.1 Å². The van der Waals surface area contributed by atoms with Gasteiger partial charge in [-0.2, -0.15) is 0 Å². The van der Waals surface area contributed by atoms with E-state index in [4.69, 9.17) is 0 Å². The molecule has 27 heavy (non-hydrogen) atoms. The molecule has 8 heteroatoms. The molecule has 0 saturated carbocycles. The number of fused-ring (bicyclic) bond motifs is 1. The predicted octanol–water partition coefficient (Wildman–Crippen LogP) is 1.43. The van der Waals surface area contributed by atoms with E-state index in [1.54, 1.807) is 18.2 Å². The van der Waals surface area contributed by atoms with E-state index in [9.17, 15) is 29.0 Å². The molecule has 7 nitrogen and oxygen atoms in total. The molecule has 0 bridgehead atoms. The lowest BCUT2D eigenvalue weighted by molar-refractivity contribution is -0.142. The number of nitrogens with one attached hydrogen (secondary N) is 1. The molecule has 0 aromatic heterocycles. The van der Waals surface area contributed by atoms with Gasteiger partial charge in [0.1, 0.15) is 17.6 Å². The summed E-state index contributed by atoms with van der Waals surface area (Å²) in [5.41, 5.74) is 0.387. The quantitative estimate of drug-likeness (QED) is 0.706. The van der Waals surface area contributed by atoms with Crippen LogP contribution in [-0.2, 0) is 14.4 Å². The van der Waals surface area contributed by atoms with Crippen molar-refractivity contribution in [3.05, 3.63) is 59.9 Å². The Morgan fingerprint density at radius 2 is 1.74 bits per heavy atom. The number of aliphatic carboxylic acids is 1. The summed E-state index contributed by atoms with van der Waals surface area (Å²) in [7, 11) is 0. The monoisotopic (exact) mass is 370 g/mol. The summed E-state index contributed by atoms with van der Waals surface area (Å²) in [5.74, 6) is -5.49. The van der Waals surface area contributed by atoms with Crippen LogP contribution in [0, 0.1) is 17.7 Å². The summed E-state index contributed by atoms with van der Waals surface area (Å²) >= 11 is 0. The number of halogens is 1. The fourth-order valence-corrected chi connectivity index (χ4v) is 3.94. The van der Waals surface area contributed by atoms with Gasteiger partial charge in [0.05, 0.1) is 17.5 Å². The lowest BCUT2D eigenvalue weighted by Gasteiger charge is -2.22. The molecule has 2 aliphatic rings. The Kier molecular flexibility index (Phi) is 3.92. The first kappa shape index (κ1) is 17.2. The van der Waals surface area contributed by atoms with Crippen LogP contribution >= 0.6 is 0 Å². The molecule has 2 heterocycles. The molecule has 0 unspecified atom stereocenters. The number of hydrogen-bond donors (Lipinski definition) is 3. The van der Waals surface area contributed by atoms with Crippen LogP contribution in [-0.4, -0.2) is 34.0 Å². The molecule has 2 fully saturated rings. The zero-order valence-electron chi connectivity index (χ0n) is 13.9. The van der Waals surface area contributed by atoms with Gasteiger partial charge in [0.15, 0.2) is 0 Å². The van der Waals surface area contributed by atoms with E-state index in [0.717, 1.165) is 11.0 Å². The topological polar surface area (TPSA) is 107 Å². The number of para-hydroxylation sites is 1. The average Bonchev–Trinajstić information content (AvgIpc) is 3.13. The number of hydrogen-bond acceptors (Lipinski definition) is 5. The van der Waals surface area contributed by atoms with E-state index < -0.39 is 47.5 Å². The number of carboxylic acid groups (broad SMARTS) is 1. The number of aromatic hydroxyl groups is 1. The van der Waals surface area contributed by atoms with Gasteiger partial charge in [-0.25, -0.2) is 9.29 Å². The molecule has 2 aromatic rings. The number of phenolic OH excluding ortho intramolecular Hbond substituents is 1. The van der Waals surface area contributed by atoms with Crippen molar-refractivity contribution in [2.75, 3.05) is 4.90 Å². The number of anilines is 1. The molecular formula is C19H15FN2O5. The van der Waals surface area contributed by atoms with Gasteiger partial charge < -0.3 is 10.2 Å². The van der Waals surface area contributed by atoms with Gasteiger partial charge in [-0.05, 0) is 24.3 Å². The van der Waals surface area contributed by atoms with Gasteiger partial charge in [0.25, 0.3) is 0 Å². The molecular weight excluding hydrogens is 355 g/mol. The molecule has 4 atom stereocenters. The van der Waals surface area contributed by atoms with Gasteiger partial charge in [0, 0.05) is 11.6 Å². The van der Waals surface area contributed by atoms with E-state index >= 15 is 0 Å². The Labute approximate surface area is 153 Å². The van der Waals surface area contributed by atoms with Crippen LogP contribution in [0.15, 0.2) is 48.5 Å². The number of amides is 2. The molecule has 2 saturated heterocycles. The van der Waals surface area contributed by atoms with Crippen LogP contribution in [0.1, 0.15) is 11.6 Å². The molecule has 138 valence electrons. The highest BCUT2D eigenvalue weighted by atomic mass is 19.1. The zero-order chi connectivity index (χ0) is 19.3. The Bertz CT molecular complexity index is 963. The van der Waals surface area contributed by atoms with E-state index in [0.29, 0.717) is 5.56 Å². The molecule has 4 rings (SSSR count). The van der Waals surface area contributed by atoms with Gasteiger partial charge in [-0.15, -0.1) is 0 Å². The molecule has 2 amide bonds. The minimum absolute atomic E-state index is 0.0552. The van der Waals surface area contributed by atoms with Crippen LogP contribution in [0.2, 0.25) is 0 Å². The standard InChI is InChI=1S/C19H15FN2O5/c20-9-4-3-5-10(8-9)22-17(24)13-14(18(22)25)16(19(26)27)21-15(13)11-6-1-2-7-12(11)23/h1-8,13-16,21,23H,(H,26,27)/t13-,14-,15-,16-/m0/s1. The summed E-state index contributed by atoms with van der Waals surface area (Å²) in [6.45, 7) is 0. The van der Waals surface area contributed by atoms with Gasteiger partial charge >= 0.3 is 5.97 Å². The number of carbonyl (C=O) groups is 3. The smallest absolute Gasteiger partial charge is 0.321 e. The maximum atomic E-state index is 13.6. The number of imide groups is 1. The summed E-state index contributed by atoms with van der Waals surface area (Å²) in [4.78, 5) is 38.5. The highest BCUT2D eigenvalue weighted by molar-refractivity contribution is 6.23. The van der Waals surface area contributed by atoms with Crippen LogP contribution < -0.4 is 10.2 Å². The van der Waals surface area contributed by atoms with Crippen molar-refractivity contribution in [3.8, 4) is 5.75 Å². The van der Waals surface area contributed by atoms with Crippen molar-refractivity contribution >= 4 is 23.5 Å². The Morgan fingerprint density at radius 1 is 1.04 bits per heavy atom. The van der Waals surface area contributed by atoms with Crippen LogP contribution in [0.25, 0.3) is 0 Å². The molecule has 2 aliphatic heterocycles. The van der Waals surface area contributed by atoms with Crippen LogP contribution in [0.5, 0.6) is 5.75 Å². The second kappa shape index (κ2) is 6.17. The third-order valence-electron chi connectivity index (χ3n) is 5.08. The van der Waals surface area contributed by atoms with Crippen molar-refractivity contribution in [1.29, 1.82) is 0 Å². The van der Waals surface area contributed by atoms with Crippen molar-refractivity contribution in [3.63, 3.8) is 0 Å². The fourth-order valence-electron chi connectivity index (χ4n) is 3.94. The molecule has 0 aliphatic carbocycles. The number of carbonyl (C=O) groups excluding carboxylic acids is 2. The zero-order valence-corrected chi connectivity index (χ0v) is 13.9. The van der Waals surface area contributed by atoms with Crippen molar-refractivity contribution < 1.29 is 29.0 Å². The van der Waals surface area contributed by atoms with Crippen molar-refractivity contribution in [1.82, 2.24) is 5.32 Å². The Morgan fingerprint density at radius 3 is 2.41 bits per heavy atom. The predicted molar refractivity (Wildman–Crippen MR) is 91.3 cm³/mol. The first-order valence-corrected chi connectivity index (χ1v) is 8.30. The summed E-state index contributed by atoms with van der Waals surface area (Å²) in [6.07, 6.45) is 0. The first-order chi connectivity index (χ1) is 12.9. The normalized spacial score (nSPS) is 27.1. The van der Waals surface area contributed by atoms with E-state index in [2.05, 4.69) is 5.32 Å². The number of nitrogens with zero attached hydrogens (tertiary/aromatic N) is 1. The van der Waals surface area contributed by atoms with Crippen LogP contribution in [0.3, 0.4) is 0 Å². The fraction of sp³-hybridized carbons (Fsp3) is 0.211. The van der Waals surface area contributed by atoms with Crippen molar-refractivity contribution in [2.24, 2.45) is 11.8 Å². The highest BCUT2D eigenvalue weighted by Crippen LogP contribution is 2.46. The Hall–Kier alpha value is -3.26. The van der Waals surface area contributed by atoms with E-state index in [1.165, 1.54) is 24.3 Å². The lowest BCUT2D eigenvalue weighted by Crippen LogP contribution is -2.43. The minimum Gasteiger partial charge on any atom is -0.508 e.